The first-order valence-electron chi connectivity index (χ1n) is 21.7. The van der Waals surface area contributed by atoms with Crippen molar-refractivity contribution in [3.63, 3.8) is 0 Å². The van der Waals surface area contributed by atoms with Gasteiger partial charge in [0, 0.05) is 45.1 Å². The first kappa shape index (κ1) is 38.4. The molecule has 0 bridgehead atoms. The largest absolute Gasteiger partial charge is 0.294 e. The Morgan fingerprint density at radius 1 is 0.365 bits per heavy atom. The van der Waals surface area contributed by atoms with Gasteiger partial charge in [0.1, 0.15) is 11.6 Å². The summed E-state index contributed by atoms with van der Waals surface area (Å²) in [6, 6.07) is 54.9. The maximum atomic E-state index is 4.97. The van der Waals surface area contributed by atoms with Crippen molar-refractivity contribution < 1.29 is 0 Å². The van der Waals surface area contributed by atoms with Crippen LogP contribution in [0.1, 0.15) is 16.7 Å². The van der Waals surface area contributed by atoms with Crippen molar-refractivity contribution in [2.75, 3.05) is 0 Å². The van der Waals surface area contributed by atoms with Crippen LogP contribution in [0.4, 0.5) is 0 Å². The minimum atomic E-state index is 0.147. The number of hydrogen-bond donors (Lipinski definition) is 0. The molecular weight excluding hydrogens is 766 g/mol. The summed E-state index contributed by atoms with van der Waals surface area (Å²) in [5.41, 5.74) is 17.0. The number of benzene rings is 6. The maximum Gasteiger partial charge on any atom is 0.206 e. The summed E-state index contributed by atoms with van der Waals surface area (Å²) in [6.45, 7) is 11.3. The van der Waals surface area contributed by atoms with Gasteiger partial charge in [-0.05, 0) is 87.0 Å². The average Bonchev–Trinajstić information content (AvgIpc) is 3.82. The van der Waals surface area contributed by atoms with Crippen molar-refractivity contribution >= 4 is 78.9 Å². The predicted octanol–water partition coefficient (Wildman–Crippen LogP) is 10.2. The monoisotopic (exact) mass is 810 g/mol. The van der Waals surface area contributed by atoms with Gasteiger partial charge in [0.2, 0.25) is 13.4 Å². The summed E-state index contributed by atoms with van der Waals surface area (Å²) in [5.74, 6) is 1.85. The predicted molar refractivity (Wildman–Crippen MR) is 266 cm³/mol. The molecule has 0 amide bonds. The van der Waals surface area contributed by atoms with Gasteiger partial charge in [0.05, 0.1) is 45.8 Å². The van der Waals surface area contributed by atoms with Crippen LogP contribution in [0.3, 0.4) is 0 Å². The van der Waals surface area contributed by atoms with Crippen LogP contribution >= 0.6 is 0 Å². The first-order valence-corrected chi connectivity index (χ1v) is 21.7. The Balaban J connectivity index is 0.878. The van der Waals surface area contributed by atoms with E-state index in [9.17, 15) is 0 Å². The lowest BCUT2D eigenvalue weighted by Crippen LogP contribution is -2.39. The van der Waals surface area contributed by atoms with Crippen LogP contribution in [0.25, 0.3) is 77.8 Å². The summed E-state index contributed by atoms with van der Waals surface area (Å²) in [5, 5.41) is 4.94. The average molecular weight is 811 g/mol. The Kier molecular flexibility index (Phi) is 9.38. The molecule has 300 valence electrons. The SMILES string of the molecule is CB(c1cccc(-c2cnc(-c3cccc(B(C)c4ccc5c6cc(C)ccc6n(-c6cc(C)ccn6)c5c4)c3)cn2)c1)c1ccc2c3cc(C)ccc3n(-c3ccccn3)c2c1. The highest BCUT2D eigenvalue weighted by Crippen LogP contribution is 2.33. The van der Waals surface area contributed by atoms with Crippen LogP contribution in [0.2, 0.25) is 13.6 Å². The molecule has 5 aromatic heterocycles. The number of fused-ring (bicyclic) bond motifs is 6. The smallest absolute Gasteiger partial charge is 0.206 e. The third kappa shape index (κ3) is 6.79. The highest BCUT2D eigenvalue weighted by atomic mass is 15.1. The van der Waals surface area contributed by atoms with E-state index < -0.39 is 0 Å². The van der Waals surface area contributed by atoms with Crippen LogP contribution < -0.4 is 21.9 Å². The minimum absolute atomic E-state index is 0.147. The third-order valence-electron chi connectivity index (χ3n) is 12.9. The molecule has 0 radical (unpaired) electrons. The molecule has 0 N–H and O–H groups in total. The summed E-state index contributed by atoms with van der Waals surface area (Å²) in [6.07, 6.45) is 7.57. The second-order valence-corrected chi connectivity index (χ2v) is 17.1. The van der Waals surface area contributed by atoms with E-state index in [0.717, 1.165) is 56.2 Å². The molecule has 0 unspecified atom stereocenters. The second-order valence-electron chi connectivity index (χ2n) is 17.1. The third-order valence-corrected chi connectivity index (χ3v) is 12.9. The van der Waals surface area contributed by atoms with Crippen molar-refractivity contribution in [3.8, 4) is 34.2 Å². The number of nitrogens with zero attached hydrogens (tertiary/aromatic N) is 6. The molecule has 0 saturated carbocycles. The highest BCUT2D eigenvalue weighted by molar-refractivity contribution is 6.84. The van der Waals surface area contributed by atoms with Crippen LogP contribution in [0.15, 0.2) is 176 Å². The molecule has 8 heteroatoms. The fourth-order valence-corrected chi connectivity index (χ4v) is 9.41. The summed E-state index contributed by atoms with van der Waals surface area (Å²) < 4.78 is 4.59. The summed E-state index contributed by atoms with van der Waals surface area (Å²) in [7, 11) is 0. The Hall–Kier alpha value is -7.57. The zero-order valence-corrected chi connectivity index (χ0v) is 36.1. The molecule has 0 aliphatic heterocycles. The molecule has 6 aromatic carbocycles. The number of pyridine rings is 2. The van der Waals surface area contributed by atoms with Crippen LogP contribution in [-0.2, 0) is 0 Å². The van der Waals surface area contributed by atoms with Crippen molar-refractivity contribution in [2.45, 2.75) is 34.4 Å². The van der Waals surface area contributed by atoms with Crippen LogP contribution in [-0.4, -0.2) is 42.5 Å². The summed E-state index contributed by atoms with van der Waals surface area (Å²) >= 11 is 0. The van der Waals surface area contributed by atoms with E-state index in [2.05, 4.69) is 177 Å². The number of aromatic nitrogens is 6. The normalized spacial score (nSPS) is 11.6. The van der Waals surface area contributed by atoms with Gasteiger partial charge in [-0.2, -0.15) is 0 Å². The standard InChI is InChI=1S/C55H44B2N6/c1-35-15-21-50-46(26-35)44-19-17-42(31-52(44)62(50)54-14-6-7-24-58-54)56(4)40-12-8-10-38(29-40)48-33-61-49(34-60-48)39-11-9-13-41(30-39)57(5)43-18-20-45-47-27-36(2)16-22-51(47)63(53(45)32-43)55-28-37(3)23-25-59-55/h6-34H,1-5H3. The van der Waals surface area contributed by atoms with E-state index in [4.69, 9.17) is 19.9 Å². The number of hydrogen-bond acceptors (Lipinski definition) is 4. The first-order chi connectivity index (χ1) is 30.8. The van der Waals surface area contributed by atoms with E-state index in [0.29, 0.717) is 0 Å². The summed E-state index contributed by atoms with van der Waals surface area (Å²) in [4.78, 5) is 19.5. The van der Waals surface area contributed by atoms with Crippen LogP contribution in [0.5, 0.6) is 0 Å². The molecular formula is C55H44B2N6. The Bertz CT molecular complexity index is 3540. The molecule has 0 spiro atoms. The van der Waals surface area contributed by atoms with E-state index in [1.165, 1.54) is 60.1 Å². The highest BCUT2D eigenvalue weighted by Gasteiger charge is 2.21. The van der Waals surface area contributed by atoms with Gasteiger partial charge >= 0.3 is 0 Å². The Labute approximate surface area is 368 Å². The lowest BCUT2D eigenvalue weighted by molar-refractivity contribution is 1.07. The molecule has 6 nitrogen and oxygen atoms in total. The molecule has 0 saturated heterocycles. The number of rotatable bonds is 8. The van der Waals surface area contributed by atoms with E-state index in [1.807, 2.05) is 43.0 Å². The molecule has 0 aliphatic carbocycles. The lowest BCUT2D eigenvalue weighted by atomic mass is 9.42. The van der Waals surface area contributed by atoms with Gasteiger partial charge in [-0.1, -0.05) is 138 Å². The number of aryl methyl sites for hydroxylation is 3. The minimum Gasteiger partial charge on any atom is -0.294 e. The van der Waals surface area contributed by atoms with Crippen molar-refractivity contribution in [1.82, 2.24) is 29.1 Å². The molecule has 0 atom stereocenters. The lowest BCUT2D eigenvalue weighted by Gasteiger charge is -2.13. The van der Waals surface area contributed by atoms with Gasteiger partial charge < -0.3 is 0 Å². The fourth-order valence-electron chi connectivity index (χ4n) is 9.41. The molecule has 11 rings (SSSR count). The van der Waals surface area contributed by atoms with Gasteiger partial charge in [-0.15, -0.1) is 0 Å². The van der Waals surface area contributed by atoms with E-state index in [1.54, 1.807) is 0 Å². The zero-order valence-electron chi connectivity index (χ0n) is 36.1. The molecule has 0 fully saturated rings. The van der Waals surface area contributed by atoms with Gasteiger partial charge in [-0.3, -0.25) is 19.1 Å². The van der Waals surface area contributed by atoms with E-state index >= 15 is 0 Å². The van der Waals surface area contributed by atoms with E-state index in [-0.39, 0.29) is 13.4 Å². The van der Waals surface area contributed by atoms with Crippen molar-refractivity contribution in [2.24, 2.45) is 0 Å². The molecule has 0 aliphatic rings. The van der Waals surface area contributed by atoms with Crippen LogP contribution in [0, 0.1) is 20.8 Å². The van der Waals surface area contributed by atoms with Gasteiger partial charge in [-0.25, -0.2) is 9.97 Å². The Morgan fingerprint density at radius 2 is 0.873 bits per heavy atom. The van der Waals surface area contributed by atoms with Gasteiger partial charge in [0.25, 0.3) is 0 Å². The quantitative estimate of drug-likeness (QED) is 0.144. The zero-order chi connectivity index (χ0) is 42.8. The maximum absolute atomic E-state index is 4.97. The van der Waals surface area contributed by atoms with Crippen molar-refractivity contribution in [3.05, 3.63) is 193 Å². The van der Waals surface area contributed by atoms with Gasteiger partial charge in [0.15, 0.2) is 0 Å². The fraction of sp³-hybridized carbons (Fsp3) is 0.0909. The molecule has 5 heterocycles. The molecule has 11 aromatic rings. The Morgan fingerprint density at radius 3 is 1.38 bits per heavy atom. The topological polar surface area (TPSA) is 61.4 Å². The molecule has 63 heavy (non-hydrogen) atoms. The second kappa shape index (κ2) is 15.4. The van der Waals surface area contributed by atoms with Crippen molar-refractivity contribution in [1.29, 1.82) is 0 Å².